The minimum absolute atomic E-state index is 0.135. The lowest BCUT2D eigenvalue weighted by atomic mass is 9.94. The molecule has 0 saturated heterocycles. The van der Waals surface area contributed by atoms with Crippen molar-refractivity contribution in [1.82, 2.24) is 0 Å². The lowest BCUT2D eigenvalue weighted by molar-refractivity contribution is -0.297. The number of hydrogen-bond donors (Lipinski definition) is 1. The molecular weight excluding hydrogens is 140 g/mol. The van der Waals surface area contributed by atoms with Crippen molar-refractivity contribution in [2.45, 2.75) is 40.2 Å². The van der Waals surface area contributed by atoms with Gasteiger partial charge in [-0.15, -0.1) is 0 Å². The molecule has 0 aromatic carbocycles. The smallest absolute Gasteiger partial charge is 0.116 e. The van der Waals surface area contributed by atoms with Gasteiger partial charge in [0.25, 0.3) is 0 Å². The fraction of sp³-hybridized carbons (Fsp3) is 0.778. The van der Waals surface area contributed by atoms with Gasteiger partial charge in [0, 0.05) is 0 Å². The number of rotatable bonds is 2. The molecule has 0 fully saturated rings. The van der Waals surface area contributed by atoms with E-state index in [0.717, 1.165) is 0 Å². The van der Waals surface area contributed by atoms with E-state index in [1.54, 1.807) is 13.8 Å². The molecule has 0 rings (SSSR count). The summed E-state index contributed by atoms with van der Waals surface area (Å²) in [7, 11) is 0. The van der Waals surface area contributed by atoms with Crippen molar-refractivity contribution < 1.29 is 10.1 Å². The Hall–Kier alpha value is -0.340. The van der Waals surface area contributed by atoms with Crippen LogP contribution >= 0.6 is 0 Å². The van der Waals surface area contributed by atoms with E-state index in [1.807, 2.05) is 12.2 Å². The van der Waals surface area contributed by atoms with Crippen molar-refractivity contribution in [1.29, 1.82) is 0 Å². The van der Waals surface area contributed by atoms with Gasteiger partial charge in [0.2, 0.25) is 0 Å². The Kier molecular flexibility index (Phi) is 3.27. The lowest BCUT2D eigenvalue weighted by Gasteiger charge is -2.18. The molecule has 0 heterocycles. The van der Waals surface area contributed by atoms with Crippen molar-refractivity contribution >= 4 is 0 Å². The van der Waals surface area contributed by atoms with Crippen molar-refractivity contribution in [3.63, 3.8) is 0 Å². The third-order valence-corrected chi connectivity index (χ3v) is 1.22. The Morgan fingerprint density at radius 2 is 1.45 bits per heavy atom. The number of hydrogen-bond acceptors (Lipinski definition) is 2. The van der Waals surface area contributed by atoms with Gasteiger partial charge in [0.1, 0.15) is 5.60 Å². The van der Waals surface area contributed by atoms with E-state index in [0.29, 0.717) is 0 Å². The van der Waals surface area contributed by atoms with Crippen LogP contribution in [0.15, 0.2) is 12.2 Å². The summed E-state index contributed by atoms with van der Waals surface area (Å²) in [5, 5.41) is 8.44. The van der Waals surface area contributed by atoms with Crippen LogP contribution in [-0.2, 0) is 4.89 Å². The molecule has 0 atom stereocenters. The molecule has 11 heavy (non-hydrogen) atoms. The maximum absolute atomic E-state index is 8.44. The van der Waals surface area contributed by atoms with Crippen LogP contribution < -0.4 is 0 Å². The highest BCUT2D eigenvalue weighted by molar-refractivity contribution is 5.01. The predicted octanol–water partition coefficient (Wildman–Crippen LogP) is 2.86. The first-order valence-electron chi connectivity index (χ1n) is 3.80. The van der Waals surface area contributed by atoms with Crippen LogP contribution in [0.25, 0.3) is 0 Å². The van der Waals surface area contributed by atoms with Gasteiger partial charge in [-0.25, -0.2) is 4.89 Å². The average Bonchev–Trinajstić information content (AvgIpc) is 1.83. The molecule has 0 aromatic heterocycles. The van der Waals surface area contributed by atoms with Crippen LogP contribution in [0.1, 0.15) is 34.6 Å². The second-order valence-electron chi connectivity index (χ2n) is 4.39. The maximum atomic E-state index is 8.44. The molecule has 0 bridgehead atoms. The van der Waals surface area contributed by atoms with Crippen LogP contribution in [-0.4, -0.2) is 10.9 Å². The maximum Gasteiger partial charge on any atom is 0.116 e. The second-order valence-corrected chi connectivity index (χ2v) is 4.39. The van der Waals surface area contributed by atoms with Gasteiger partial charge in [-0.05, 0) is 19.3 Å². The minimum atomic E-state index is -0.576. The molecule has 1 N–H and O–H groups in total. The first-order valence-corrected chi connectivity index (χ1v) is 3.80. The van der Waals surface area contributed by atoms with Crippen molar-refractivity contribution in [3.8, 4) is 0 Å². The van der Waals surface area contributed by atoms with Crippen LogP contribution in [0.3, 0.4) is 0 Å². The van der Waals surface area contributed by atoms with Gasteiger partial charge in [-0.1, -0.05) is 32.9 Å². The summed E-state index contributed by atoms with van der Waals surface area (Å²) >= 11 is 0. The largest absolute Gasteiger partial charge is 0.251 e. The van der Waals surface area contributed by atoms with Gasteiger partial charge >= 0.3 is 0 Å². The van der Waals surface area contributed by atoms with Crippen LogP contribution in [0.4, 0.5) is 0 Å². The van der Waals surface area contributed by atoms with E-state index < -0.39 is 5.60 Å². The minimum Gasteiger partial charge on any atom is -0.251 e. The summed E-state index contributed by atoms with van der Waals surface area (Å²) in [6.07, 6.45) is 3.87. The first kappa shape index (κ1) is 10.7. The Morgan fingerprint density at radius 1 is 1.00 bits per heavy atom. The van der Waals surface area contributed by atoms with E-state index in [-0.39, 0.29) is 5.41 Å². The van der Waals surface area contributed by atoms with Gasteiger partial charge < -0.3 is 0 Å². The van der Waals surface area contributed by atoms with E-state index in [1.165, 1.54) is 0 Å². The van der Waals surface area contributed by atoms with E-state index >= 15 is 0 Å². The van der Waals surface area contributed by atoms with Crippen LogP contribution in [0.2, 0.25) is 0 Å². The zero-order chi connectivity index (χ0) is 9.12. The quantitative estimate of drug-likeness (QED) is 0.380. The van der Waals surface area contributed by atoms with E-state index in [2.05, 4.69) is 25.7 Å². The highest BCUT2D eigenvalue weighted by Crippen LogP contribution is 2.18. The molecule has 0 saturated carbocycles. The van der Waals surface area contributed by atoms with Crippen molar-refractivity contribution in [2.75, 3.05) is 0 Å². The summed E-state index contributed by atoms with van der Waals surface area (Å²) in [5.41, 5.74) is -0.441. The Bertz CT molecular complexity index is 140. The third kappa shape index (κ3) is 6.07. The summed E-state index contributed by atoms with van der Waals surface area (Å²) in [6.45, 7) is 9.88. The standard InChI is InChI=1S/C9H18O2/c1-8(2,3)6-7-9(4,5)11-10/h6-7,10H,1-5H3/b7-6+. The molecule has 0 aliphatic heterocycles. The topological polar surface area (TPSA) is 29.5 Å². The molecule has 2 nitrogen and oxygen atoms in total. The van der Waals surface area contributed by atoms with Gasteiger partial charge in [0.15, 0.2) is 0 Å². The van der Waals surface area contributed by atoms with Gasteiger partial charge in [-0.2, -0.15) is 0 Å². The molecule has 0 amide bonds. The van der Waals surface area contributed by atoms with Crippen molar-refractivity contribution in [3.05, 3.63) is 12.2 Å². The molecule has 0 radical (unpaired) electrons. The van der Waals surface area contributed by atoms with Gasteiger partial charge in [0.05, 0.1) is 0 Å². The predicted molar refractivity (Wildman–Crippen MR) is 46.4 cm³/mol. The Morgan fingerprint density at radius 3 is 1.73 bits per heavy atom. The molecular formula is C9H18O2. The van der Waals surface area contributed by atoms with E-state index in [9.17, 15) is 0 Å². The van der Waals surface area contributed by atoms with Crippen LogP contribution in [0, 0.1) is 5.41 Å². The Labute approximate surface area is 68.8 Å². The molecule has 66 valence electrons. The number of allylic oxidation sites excluding steroid dienone is 1. The van der Waals surface area contributed by atoms with E-state index in [4.69, 9.17) is 5.26 Å². The SMILES string of the molecule is CC(C)(C)/C=C/C(C)(C)OO. The zero-order valence-corrected chi connectivity index (χ0v) is 8.01. The fourth-order valence-corrected chi connectivity index (χ4v) is 0.481. The third-order valence-electron chi connectivity index (χ3n) is 1.22. The first-order chi connectivity index (χ1) is 4.77. The monoisotopic (exact) mass is 158 g/mol. The highest BCUT2D eigenvalue weighted by atomic mass is 17.1. The molecule has 2 heteroatoms. The normalized spacial score (nSPS) is 14.4. The molecule has 0 spiro atoms. The molecule has 0 aliphatic rings. The summed E-state index contributed by atoms with van der Waals surface area (Å²) in [5.74, 6) is 0. The summed E-state index contributed by atoms with van der Waals surface area (Å²) < 4.78 is 0. The molecule has 0 aromatic rings. The molecule has 0 unspecified atom stereocenters. The molecule has 0 aliphatic carbocycles. The second kappa shape index (κ2) is 3.37. The van der Waals surface area contributed by atoms with Gasteiger partial charge in [-0.3, -0.25) is 5.26 Å². The zero-order valence-electron chi connectivity index (χ0n) is 8.01. The van der Waals surface area contributed by atoms with Crippen molar-refractivity contribution in [2.24, 2.45) is 5.41 Å². The Balaban J connectivity index is 4.13. The average molecular weight is 158 g/mol. The highest BCUT2D eigenvalue weighted by Gasteiger charge is 2.15. The fourth-order valence-electron chi connectivity index (χ4n) is 0.481. The van der Waals surface area contributed by atoms with Crippen LogP contribution in [0.5, 0.6) is 0 Å². The lowest BCUT2D eigenvalue weighted by Crippen LogP contribution is -2.19. The summed E-state index contributed by atoms with van der Waals surface area (Å²) in [6, 6.07) is 0. The summed E-state index contributed by atoms with van der Waals surface area (Å²) in [4.78, 5) is 4.25.